The van der Waals surface area contributed by atoms with Gasteiger partial charge in [-0.2, -0.15) is 0 Å². The highest BCUT2D eigenvalue weighted by atomic mass is 79.9. The van der Waals surface area contributed by atoms with Crippen molar-refractivity contribution in [2.24, 2.45) is 0 Å². The maximum absolute atomic E-state index is 13.6. The third-order valence-electron chi connectivity index (χ3n) is 2.56. The van der Waals surface area contributed by atoms with E-state index in [9.17, 15) is 4.39 Å². The van der Waals surface area contributed by atoms with Gasteiger partial charge in [-0.05, 0) is 24.1 Å². The highest BCUT2D eigenvalue weighted by molar-refractivity contribution is 9.10. The molecule has 0 aromatic heterocycles. The molecular weight excluding hydrogens is 278 g/mol. The number of alkyl halides is 1. The molecule has 15 heavy (non-hydrogen) atoms. The van der Waals surface area contributed by atoms with Crippen LogP contribution in [-0.2, 0) is 0 Å². The first kappa shape index (κ1) is 13.0. The second kappa shape index (κ2) is 5.86. The lowest BCUT2D eigenvalue weighted by Crippen LogP contribution is -2.10. The fourth-order valence-corrected chi connectivity index (χ4v) is 2.28. The first-order valence-electron chi connectivity index (χ1n) is 5.15. The van der Waals surface area contributed by atoms with E-state index in [0.717, 1.165) is 17.3 Å². The van der Waals surface area contributed by atoms with E-state index in [1.54, 1.807) is 6.07 Å². The highest BCUT2D eigenvalue weighted by Gasteiger charge is 2.18. The Balaban J connectivity index is 2.86. The molecule has 1 rings (SSSR count). The molecule has 0 saturated heterocycles. The quantitative estimate of drug-likeness (QED) is 0.678. The van der Waals surface area contributed by atoms with Gasteiger partial charge in [-0.3, -0.25) is 0 Å². The van der Waals surface area contributed by atoms with E-state index in [2.05, 4.69) is 22.9 Å². The lowest BCUT2D eigenvalue weighted by atomic mass is 9.95. The summed E-state index contributed by atoms with van der Waals surface area (Å²) >= 11 is 9.44. The summed E-state index contributed by atoms with van der Waals surface area (Å²) in [6.07, 6.45) is 1.94. The maximum Gasteiger partial charge on any atom is 0.127 e. The first-order chi connectivity index (χ1) is 7.06. The van der Waals surface area contributed by atoms with Gasteiger partial charge < -0.3 is 0 Å². The monoisotopic (exact) mass is 292 g/mol. The molecule has 0 radical (unpaired) electrons. The van der Waals surface area contributed by atoms with Gasteiger partial charge in [-0.15, -0.1) is 11.6 Å². The van der Waals surface area contributed by atoms with Crippen LogP contribution in [0.4, 0.5) is 4.39 Å². The van der Waals surface area contributed by atoms with Gasteiger partial charge in [0.15, 0.2) is 0 Å². The average Bonchev–Trinajstić information content (AvgIpc) is 2.17. The van der Waals surface area contributed by atoms with Crippen LogP contribution >= 0.6 is 27.5 Å². The summed E-state index contributed by atoms with van der Waals surface area (Å²) < 4.78 is 14.4. The molecule has 2 atom stereocenters. The van der Waals surface area contributed by atoms with Crippen LogP contribution in [0.1, 0.15) is 38.2 Å². The summed E-state index contributed by atoms with van der Waals surface area (Å²) in [7, 11) is 0. The van der Waals surface area contributed by atoms with Crippen LogP contribution in [0.3, 0.4) is 0 Å². The Morgan fingerprint density at radius 2 is 2.13 bits per heavy atom. The third kappa shape index (κ3) is 3.46. The van der Waals surface area contributed by atoms with Gasteiger partial charge in [-0.25, -0.2) is 4.39 Å². The molecule has 0 amide bonds. The molecule has 0 nitrogen and oxygen atoms in total. The molecule has 3 heteroatoms. The van der Waals surface area contributed by atoms with E-state index in [4.69, 9.17) is 11.6 Å². The summed E-state index contributed by atoms with van der Waals surface area (Å²) in [6, 6.07) is 5.14. The van der Waals surface area contributed by atoms with Crippen molar-refractivity contribution in [3.63, 3.8) is 0 Å². The Labute approximate surface area is 104 Å². The van der Waals surface area contributed by atoms with Crippen molar-refractivity contribution in [1.82, 2.24) is 0 Å². The fourth-order valence-electron chi connectivity index (χ4n) is 1.59. The van der Waals surface area contributed by atoms with Crippen LogP contribution in [0, 0.1) is 5.82 Å². The molecule has 0 fully saturated rings. The molecule has 0 N–H and O–H groups in total. The number of hydrogen-bond acceptors (Lipinski definition) is 0. The Morgan fingerprint density at radius 1 is 1.47 bits per heavy atom. The minimum absolute atomic E-state index is 0.00526. The molecule has 0 bridgehead atoms. The molecule has 0 heterocycles. The zero-order valence-electron chi connectivity index (χ0n) is 8.93. The largest absolute Gasteiger partial charge is 0.207 e. The van der Waals surface area contributed by atoms with E-state index >= 15 is 0 Å². The van der Waals surface area contributed by atoms with Crippen LogP contribution < -0.4 is 0 Å². The highest BCUT2D eigenvalue weighted by Crippen LogP contribution is 2.29. The van der Waals surface area contributed by atoms with Gasteiger partial charge in [0.2, 0.25) is 0 Å². The average molecular weight is 294 g/mol. The SMILES string of the molecule is CCCC(Cl)C(C)c1ccc(Br)cc1F. The maximum atomic E-state index is 13.6. The van der Waals surface area contributed by atoms with Crippen LogP contribution in [0.5, 0.6) is 0 Å². The molecule has 84 valence electrons. The Kier molecular flexibility index (Phi) is 5.07. The summed E-state index contributed by atoms with van der Waals surface area (Å²) in [5.74, 6) is -0.127. The van der Waals surface area contributed by atoms with Crippen molar-refractivity contribution in [1.29, 1.82) is 0 Å². The number of halogens is 3. The van der Waals surface area contributed by atoms with Gasteiger partial charge in [0.1, 0.15) is 5.82 Å². The predicted molar refractivity (Wildman–Crippen MR) is 67.1 cm³/mol. The number of rotatable bonds is 4. The van der Waals surface area contributed by atoms with Crippen LogP contribution in [0.25, 0.3) is 0 Å². The normalized spacial score (nSPS) is 15.0. The Morgan fingerprint density at radius 3 is 2.67 bits per heavy atom. The van der Waals surface area contributed by atoms with Crippen molar-refractivity contribution in [2.45, 2.75) is 38.0 Å². The summed E-state index contributed by atoms with van der Waals surface area (Å²) in [4.78, 5) is 0. The minimum atomic E-state index is -0.182. The fraction of sp³-hybridized carbons (Fsp3) is 0.500. The summed E-state index contributed by atoms with van der Waals surface area (Å²) in [6.45, 7) is 4.06. The zero-order valence-corrected chi connectivity index (χ0v) is 11.3. The molecule has 0 aliphatic heterocycles. The van der Waals surface area contributed by atoms with E-state index in [1.807, 2.05) is 13.0 Å². The van der Waals surface area contributed by atoms with Crippen molar-refractivity contribution in [2.75, 3.05) is 0 Å². The van der Waals surface area contributed by atoms with E-state index in [-0.39, 0.29) is 17.1 Å². The van der Waals surface area contributed by atoms with Gasteiger partial charge in [0.25, 0.3) is 0 Å². The second-order valence-electron chi connectivity index (χ2n) is 3.76. The van der Waals surface area contributed by atoms with Crippen molar-refractivity contribution < 1.29 is 4.39 Å². The minimum Gasteiger partial charge on any atom is -0.207 e. The zero-order chi connectivity index (χ0) is 11.4. The molecule has 0 saturated carbocycles. The molecular formula is C12H15BrClF. The molecule has 0 spiro atoms. The van der Waals surface area contributed by atoms with Crippen molar-refractivity contribution in [3.05, 3.63) is 34.1 Å². The third-order valence-corrected chi connectivity index (χ3v) is 3.65. The van der Waals surface area contributed by atoms with E-state index < -0.39 is 0 Å². The van der Waals surface area contributed by atoms with Crippen LogP contribution in [0.15, 0.2) is 22.7 Å². The molecule has 0 aliphatic rings. The molecule has 0 aliphatic carbocycles. The standard InChI is InChI=1S/C12H15BrClF/c1-3-4-11(14)8(2)10-6-5-9(13)7-12(10)15/h5-8,11H,3-4H2,1-2H3. The van der Waals surface area contributed by atoms with Gasteiger partial charge >= 0.3 is 0 Å². The van der Waals surface area contributed by atoms with Crippen molar-refractivity contribution in [3.8, 4) is 0 Å². The second-order valence-corrected chi connectivity index (χ2v) is 5.24. The molecule has 2 unspecified atom stereocenters. The van der Waals surface area contributed by atoms with Crippen LogP contribution in [-0.4, -0.2) is 5.38 Å². The predicted octanol–water partition coefficient (Wildman–Crippen LogP) is 5.10. The number of hydrogen-bond donors (Lipinski definition) is 0. The van der Waals surface area contributed by atoms with Gasteiger partial charge in [-0.1, -0.05) is 42.3 Å². The lowest BCUT2D eigenvalue weighted by Gasteiger charge is -2.18. The van der Waals surface area contributed by atoms with Crippen LogP contribution in [0.2, 0.25) is 0 Å². The number of benzene rings is 1. The first-order valence-corrected chi connectivity index (χ1v) is 6.38. The molecule has 1 aromatic rings. The molecule has 1 aromatic carbocycles. The van der Waals surface area contributed by atoms with Crippen molar-refractivity contribution >= 4 is 27.5 Å². The lowest BCUT2D eigenvalue weighted by molar-refractivity contribution is 0.563. The Hall–Kier alpha value is -0.0800. The summed E-state index contributed by atoms with van der Waals surface area (Å²) in [5.41, 5.74) is 0.701. The smallest absolute Gasteiger partial charge is 0.127 e. The van der Waals surface area contributed by atoms with E-state index in [1.165, 1.54) is 6.07 Å². The van der Waals surface area contributed by atoms with E-state index in [0.29, 0.717) is 5.56 Å². The van der Waals surface area contributed by atoms with Gasteiger partial charge in [0.05, 0.1) is 0 Å². The van der Waals surface area contributed by atoms with Gasteiger partial charge in [0, 0.05) is 15.8 Å². The topological polar surface area (TPSA) is 0 Å². The summed E-state index contributed by atoms with van der Waals surface area (Å²) in [5, 5.41) is 0.00526. The Bertz CT molecular complexity index is 327.